The van der Waals surface area contributed by atoms with E-state index in [1.165, 1.54) is 6.07 Å². The second kappa shape index (κ2) is 7.37. The molecule has 6 heteroatoms. The molecule has 28 heavy (non-hydrogen) atoms. The Morgan fingerprint density at radius 3 is 2.43 bits per heavy atom. The predicted molar refractivity (Wildman–Crippen MR) is 112 cm³/mol. The fourth-order valence-corrected chi connectivity index (χ4v) is 3.64. The molecular formula is C22H18ClN3O2. The number of fused-ring (bicyclic) bond motifs is 1. The summed E-state index contributed by atoms with van der Waals surface area (Å²) in [5, 5.41) is 4.18. The third kappa shape index (κ3) is 3.32. The van der Waals surface area contributed by atoms with Crippen molar-refractivity contribution in [2.45, 2.75) is 6.54 Å². The first-order chi connectivity index (χ1) is 13.5. The minimum absolute atomic E-state index is 0.0507. The van der Waals surface area contributed by atoms with Crippen LogP contribution in [0.1, 0.15) is 16.1 Å². The van der Waals surface area contributed by atoms with E-state index in [9.17, 15) is 9.59 Å². The summed E-state index contributed by atoms with van der Waals surface area (Å²) >= 11 is 6.44. The van der Waals surface area contributed by atoms with E-state index in [0.29, 0.717) is 22.9 Å². The van der Waals surface area contributed by atoms with E-state index in [2.05, 4.69) is 5.32 Å². The standard InChI is InChI=1S/C22H18ClN3O2/c1-25-18-7-3-2-6-17(18)20(23)21(25)22(28)24-16-11-9-15(10-12-16)14-26-13-5-4-8-19(26)27/h2-13H,14H2,1H3,(H,24,28). The van der Waals surface area contributed by atoms with Gasteiger partial charge < -0.3 is 14.5 Å². The number of amides is 1. The molecular weight excluding hydrogens is 374 g/mol. The Balaban J connectivity index is 1.54. The highest BCUT2D eigenvalue weighted by Crippen LogP contribution is 2.30. The first-order valence-corrected chi connectivity index (χ1v) is 9.21. The van der Waals surface area contributed by atoms with Crippen LogP contribution in [0.5, 0.6) is 0 Å². The Morgan fingerprint density at radius 2 is 1.71 bits per heavy atom. The van der Waals surface area contributed by atoms with Crippen LogP contribution in [0, 0.1) is 0 Å². The van der Waals surface area contributed by atoms with Crippen LogP contribution in [0.3, 0.4) is 0 Å². The van der Waals surface area contributed by atoms with Gasteiger partial charge in [-0.2, -0.15) is 0 Å². The first-order valence-electron chi connectivity index (χ1n) is 8.83. The van der Waals surface area contributed by atoms with Gasteiger partial charge in [0.25, 0.3) is 11.5 Å². The van der Waals surface area contributed by atoms with Crippen LogP contribution in [0.25, 0.3) is 10.9 Å². The number of rotatable bonds is 4. The number of benzene rings is 2. The zero-order valence-electron chi connectivity index (χ0n) is 15.2. The van der Waals surface area contributed by atoms with Gasteiger partial charge in [0.05, 0.1) is 11.6 Å². The Kier molecular flexibility index (Phi) is 4.75. The van der Waals surface area contributed by atoms with E-state index < -0.39 is 0 Å². The lowest BCUT2D eigenvalue weighted by Gasteiger charge is -2.09. The highest BCUT2D eigenvalue weighted by Gasteiger charge is 2.19. The monoisotopic (exact) mass is 391 g/mol. The van der Waals surface area contributed by atoms with Crippen LogP contribution in [-0.4, -0.2) is 15.0 Å². The van der Waals surface area contributed by atoms with Crippen molar-refractivity contribution in [3.63, 3.8) is 0 Å². The second-order valence-corrected chi connectivity index (χ2v) is 6.93. The van der Waals surface area contributed by atoms with Gasteiger partial charge in [-0.05, 0) is 29.8 Å². The average Bonchev–Trinajstić information content (AvgIpc) is 2.96. The average molecular weight is 392 g/mol. The number of aromatic nitrogens is 2. The maximum atomic E-state index is 12.8. The van der Waals surface area contributed by atoms with Crippen molar-refractivity contribution in [3.05, 3.63) is 99.6 Å². The lowest BCUT2D eigenvalue weighted by molar-refractivity contribution is 0.102. The van der Waals surface area contributed by atoms with Crippen molar-refractivity contribution < 1.29 is 4.79 Å². The molecule has 0 bridgehead atoms. The van der Waals surface area contributed by atoms with Crippen LogP contribution in [0.2, 0.25) is 5.02 Å². The lowest BCUT2D eigenvalue weighted by Crippen LogP contribution is -2.18. The van der Waals surface area contributed by atoms with Crippen LogP contribution in [-0.2, 0) is 13.6 Å². The second-order valence-electron chi connectivity index (χ2n) is 6.56. The zero-order chi connectivity index (χ0) is 19.7. The molecule has 5 nitrogen and oxygen atoms in total. The molecule has 0 spiro atoms. The summed E-state index contributed by atoms with van der Waals surface area (Å²) in [6.07, 6.45) is 1.75. The van der Waals surface area contributed by atoms with Gasteiger partial charge in [-0.25, -0.2) is 0 Å². The normalized spacial score (nSPS) is 10.9. The van der Waals surface area contributed by atoms with Crippen molar-refractivity contribution in [3.8, 4) is 0 Å². The number of para-hydroxylation sites is 1. The summed E-state index contributed by atoms with van der Waals surface area (Å²) in [7, 11) is 1.82. The van der Waals surface area contributed by atoms with E-state index in [4.69, 9.17) is 11.6 Å². The summed E-state index contributed by atoms with van der Waals surface area (Å²) in [6, 6.07) is 20.1. The minimum atomic E-state index is -0.268. The van der Waals surface area contributed by atoms with Gasteiger partial charge in [0, 0.05) is 35.9 Å². The van der Waals surface area contributed by atoms with Crippen molar-refractivity contribution in [1.82, 2.24) is 9.13 Å². The highest BCUT2D eigenvalue weighted by molar-refractivity contribution is 6.39. The van der Waals surface area contributed by atoms with Gasteiger partial charge in [-0.15, -0.1) is 0 Å². The van der Waals surface area contributed by atoms with Crippen LogP contribution in [0.4, 0.5) is 5.69 Å². The number of nitrogens with one attached hydrogen (secondary N) is 1. The molecule has 2 aromatic carbocycles. The number of carbonyl (C=O) groups excluding carboxylic acids is 1. The summed E-state index contributed by atoms with van der Waals surface area (Å²) in [5.41, 5.74) is 2.90. The van der Waals surface area contributed by atoms with Crippen molar-refractivity contribution in [2.75, 3.05) is 5.32 Å². The fraction of sp³-hybridized carbons (Fsp3) is 0.0909. The Labute approximate surface area is 166 Å². The topological polar surface area (TPSA) is 56.0 Å². The number of carbonyl (C=O) groups is 1. The van der Waals surface area contributed by atoms with Crippen LogP contribution in [0.15, 0.2) is 77.7 Å². The van der Waals surface area contributed by atoms with Crippen molar-refractivity contribution in [1.29, 1.82) is 0 Å². The van der Waals surface area contributed by atoms with Crippen molar-refractivity contribution >= 4 is 34.1 Å². The van der Waals surface area contributed by atoms with Gasteiger partial charge in [-0.1, -0.05) is 48.0 Å². The molecule has 0 saturated heterocycles. The Morgan fingerprint density at radius 1 is 1.00 bits per heavy atom. The predicted octanol–water partition coefficient (Wildman–Crippen LogP) is 4.29. The summed E-state index contributed by atoms with van der Waals surface area (Å²) in [5.74, 6) is -0.268. The van der Waals surface area contributed by atoms with E-state index in [1.54, 1.807) is 21.4 Å². The third-order valence-electron chi connectivity index (χ3n) is 4.72. The number of nitrogens with zero attached hydrogens (tertiary/aromatic N) is 2. The van der Waals surface area contributed by atoms with E-state index >= 15 is 0 Å². The molecule has 0 aliphatic carbocycles. The number of hydrogen-bond acceptors (Lipinski definition) is 2. The molecule has 0 aliphatic heterocycles. The number of aryl methyl sites for hydroxylation is 1. The summed E-state index contributed by atoms with van der Waals surface area (Å²) in [6.45, 7) is 0.475. The molecule has 0 saturated carbocycles. The molecule has 1 N–H and O–H groups in total. The first kappa shape index (κ1) is 18.1. The van der Waals surface area contributed by atoms with Gasteiger partial charge >= 0.3 is 0 Å². The number of pyridine rings is 1. The van der Waals surface area contributed by atoms with Gasteiger partial charge in [-0.3, -0.25) is 9.59 Å². The van der Waals surface area contributed by atoms with E-state index in [-0.39, 0.29) is 11.5 Å². The summed E-state index contributed by atoms with van der Waals surface area (Å²) < 4.78 is 3.42. The maximum absolute atomic E-state index is 12.8. The molecule has 0 aliphatic rings. The SMILES string of the molecule is Cn1c(C(=O)Nc2ccc(Cn3ccccc3=O)cc2)c(Cl)c2ccccc21. The Hall–Kier alpha value is -3.31. The van der Waals surface area contributed by atoms with E-state index in [1.807, 2.05) is 61.6 Å². The minimum Gasteiger partial charge on any atom is -0.338 e. The molecule has 4 aromatic rings. The largest absolute Gasteiger partial charge is 0.338 e. The van der Waals surface area contributed by atoms with E-state index in [0.717, 1.165) is 16.5 Å². The molecule has 140 valence electrons. The molecule has 4 rings (SSSR count). The Bertz CT molecular complexity index is 1180. The molecule has 2 heterocycles. The highest BCUT2D eigenvalue weighted by atomic mass is 35.5. The maximum Gasteiger partial charge on any atom is 0.273 e. The number of halogens is 1. The molecule has 2 aromatic heterocycles. The quantitative estimate of drug-likeness (QED) is 0.564. The molecule has 0 fully saturated rings. The summed E-state index contributed by atoms with van der Waals surface area (Å²) in [4.78, 5) is 24.6. The zero-order valence-corrected chi connectivity index (χ0v) is 16.0. The third-order valence-corrected chi connectivity index (χ3v) is 5.11. The van der Waals surface area contributed by atoms with Crippen molar-refractivity contribution in [2.24, 2.45) is 7.05 Å². The fourth-order valence-electron chi connectivity index (χ4n) is 3.27. The van der Waals surface area contributed by atoms with Gasteiger partial charge in [0.15, 0.2) is 0 Å². The van der Waals surface area contributed by atoms with Crippen LogP contribution < -0.4 is 10.9 Å². The molecule has 0 unspecified atom stereocenters. The number of anilines is 1. The van der Waals surface area contributed by atoms with Gasteiger partial charge in [0.1, 0.15) is 5.69 Å². The lowest BCUT2D eigenvalue weighted by atomic mass is 10.2. The van der Waals surface area contributed by atoms with Crippen LogP contribution >= 0.6 is 11.6 Å². The molecule has 0 radical (unpaired) electrons. The van der Waals surface area contributed by atoms with Gasteiger partial charge in [0.2, 0.25) is 0 Å². The molecule has 1 amide bonds. The number of hydrogen-bond donors (Lipinski definition) is 1. The smallest absolute Gasteiger partial charge is 0.273 e. The molecule has 0 atom stereocenters.